The fraction of sp³-hybridized carbons (Fsp3) is 0.364. The fourth-order valence-corrected chi connectivity index (χ4v) is 1.59. The number of rotatable bonds is 6. The van der Waals surface area contributed by atoms with Gasteiger partial charge in [0.25, 0.3) is 5.91 Å². The van der Waals surface area contributed by atoms with Gasteiger partial charge in [-0.2, -0.15) is 21.6 Å². The molecule has 11 heteroatoms. The first-order valence-corrected chi connectivity index (χ1v) is 7.00. The van der Waals surface area contributed by atoms with E-state index in [9.17, 15) is 30.3 Å². The molecule has 1 amide bonds. The van der Waals surface area contributed by atoms with Crippen molar-refractivity contribution < 1.29 is 39.2 Å². The highest BCUT2D eigenvalue weighted by molar-refractivity contribution is 7.81. The molecule has 0 radical (unpaired) electrons. The number of halogens is 4. The molecule has 1 aromatic rings. The third-order valence-corrected chi connectivity index (χ3v) is 2.58. The van der Waals surface area contributed by atoms with Crippen LogP contribution in [0.5, 0.6) is 5.75 Å². The SMILES string of the molecule is CC(OCC(F)(F)F)C(=O)Nc1ccc(OS(=O)(=O)F)cc1. The molecular formula is C11H11F4NO5S. The average Bonchev–Trinajstić information content (AvgIpc) is 2.35. The molecule has 6 nitrogen and oxygen atoms in total. The second-order valence-electron chi connectivity index (χ2n) is 4.06. The van der Waals surface area contributed by atoms with Crippen molar-refractivity contribution in [2.24, 2.45) is 0 Å². The molecule has 1 N–H and O–H groups in total. The summed E-state index contributed by atoms with van der Waals surface area (Å²) < 4.78 is 76.8. The van der Waals surface area contributed by atoms with Gasteiger partial charge in [-0.15, -0.1) is 0 Å². The van der Waals surface area contributed by atoms with Gasteiger partial charge in [-0.3, -0.25) is 4.79 Å². The largest absolute Gasteiger partial charge is 0.488 e. The van der Waals surface area contributed by atoms with Crippen LogP contribution in [0.2, 0.25) is 0 Å². The van der Waals surface area contributed by atoms with E-state index in [-0.39, 0.29) is 11.4 Å². The molecule has 0 heterocycles. The standard InChI is InChI=1S/C11H11F4NO5S/c1-7(20-6-11(12,13)14)10(17)16-8-2-4-9(5-3-8)21-22(15,18)19/h2-5,7H,6H2,1H3,(H,16,17). The number of anilines is 1. The lowest BCUT2D eigenvalue weighted by atomic mass is 10.3. The maximum atomic E-state index is 12.2. The molecule has 0 saturated heterocycles. The van der Waals surface area contributed by atoms with Crippen molar-refractivity contribution in [1.82, 2.24) is 0 Å². The first kappa shape index (κ1) is 18.2. The Morgan fingerprint density at radius 2 is 1.82 bits per heavy atom. The van der Waals surface area contributed by atoms with Gasteiger partial charge in [0.15, 0.2) is 0 Å². The van der Waals surface area contributed by atoms with Gasteiger partial charge in [0.2, 0.25) is 0 Å². The molecule has 1 unspecified atom stereocenters. The minimum atomic E-state index is -5.16. The smallest absolute Gasteiger partial charge is 0.359 e. The van der Waals surface area contributed by atoms with E-state index in [1.165, 1.54) is 12.1 Å². The summed E-state index contributed by atoms with van der Waals surface area (Å²) in [5.41, 5.74) is 0.135. The molecule has 1 aromatic carbocycles. The van der Waals surface area contributed by atoms with Crippen LogP contribution in [0, 0.1) is 0 Å². The van der Waals surface area contributed by atoms with E-state index in [2.05, 4.69) is 14.2 Å². The number of nitrogens with one attached hydrogen (secondary N) is 1. The average molecular weight is 345 g/mol. The summed E-state index contributed by atoms with van der Waals surface area (Å²) in [6.07, 6.45) is -5.91. The Hall–Kier alpha value is -1.88. The number of ether oxygens (including phenoxy) is 1. The predicted octanol–water partition coefficient (Wildman–Crippen LogP) is 2.19. The van der Waals surface area contributed by atoms with Gasteiger partial charge in [-0.1, -0.05) is 3.89 Å². The molecule has 0 aliphatic carbocycles. The summed E-state index contributed by atoms with van der Waals surface area (Å²) in [5.74, 6) is -1.17. The molecular weight excluding hydrogens is 334 g/mol. The molecule has 0 saturated carbocycles. The van der Waals surface area contributed by atoms with E-state index in [1.54, 1.807) is 0 Å². The summed E-state index contributed by atoms with van der Waals surface area (Å²) in [6, 6.07) is 4.45. The fourth-order valence-electron chi connectivity index (χ4n) is 1.25. The van der Waals surface area contributed by atoms with Gasteiger partial charge in [-0.25, -0.2) is 0 Å². The molecule has 0 aliphatic heterocycles. The Bertz CT molecular complexity index is 614. The summed E-state index contributed by atoms with van der Waals surface area (Å²) in [6.45, 7) is -0.434. The third kappa shape index (κ3) is 7.22. The third-order valence-electron chi connectivity index (χ3n) is 2.18. The predicted molar refractivity (Wildman–Crippen MR) is 67.2 cm³/mol. The van der Waals surface area contributed by atoms with E-state index in [1.807, 2.05) is 0 Å². The zero-order chi connectivity index (χ0) is 17.0. The van der Waals surface area contributed by atoms with Crippen LogP contribution in [0.1, 0.15) is 6.92 Å². The zero-order valence-electron chi connectivity index (χ0n) is 11.1. The van der Waals surface area contributed by atoms with Crippen LogP contribution >= 0.6 is 0 Å². The Morgan fingerprint density at radius 3 is 2.27 bits per heavy atom. The maximum absolute atomic E-state index is 12.2. The highest BCUT2D eigenvalue weighted by atomic mass is 32.3. The number of carbonyl (C=O) groups excluding carboxylic acids is 1. The van der Waals surface area contributed by atoms with E-state index >= 15 is 0 Å². The number of hydrogen-bond acceptors (Lipinski definition) is 5. The van der Waals surface area contributed by atoms with Gasteiger partial charge in [0.05, 0.1) is 0 Å². The Kier molecular flexibility index (Phi) is 5.72. The van der Waals surface area contributed by atoms with Crippen molar-refractivity contribution in [3.63, 3.8) is 0 Å². The van der Waals surface area contributed by atoms with Crippen molar-refractivity contribution in [2.45, 2.75) is 19.2 Å². The summed E-state index contributed by atoms with van der Waals surface area (Å²) in [4.78, 5) is 11.6. The monoisotopic (exact) mass is 345 g/mol. The highest BCUT2D eigenvalue weighted by Crippen LogP contribution is 2.19. The normalized spacial score (nSPS) is 13.5. The lowest BCUT2D eigenvalue weighted by molar-refractivity contribution is -0.184. The maximum Gasteiger partial charge on any atom is 0.488 e. The molecule has 0 bridgehead atoms. The van der Waals surface area contributed by atoms with E-state index < -0.39 is 35.3 Å². The Morgan fingerprint density at radius 1 is 1.27 bits per heavy atom. The van der Waals surface area contributed by atoms with E-state index in [0.717, 1.165) is 19.1 Å². The topological polar surface area (TPSA) is 81.7 Å². The lowest BCUT2D eigenvalue weighted by Crippen LogP contribution is -2.31. The van der Waals surface area contributed by atoms with E-state index in [4.69, 9.17) is 0 Å². The van der Waals surface area contributed by atoms with Crippen molar-refractivity contribution in [1.29, 1.82) is 0 Å². The molecule has 0 spiro atoms. The van der Waals surface area contributed by atoms with Crippen LogP contribution in [0.15, 0.2) is 24.3 Å². The van der Waals surface area contributed by atoms with Crippen LogP contribution in [0.25, 0.3) is 0 Å². The van der Waals surface area contributed by atoms with Crippen LogP contribution in [-0.4, -0.2) is 33.2 Å². The number of hydrogen-bond donors (Lipinski definition) is 1. The first-order valence-electron chi connectivity index (χ1n) is 5.69. The first-order chi connectivity index (χ1) is 9.96. The Balaban J connectivity index is 2.57. The van der Waals surface area contributed by atoms with Gasteiger partial charge >= 0.3 is 16.7 Å². The zero-order valence-corrected chi connectivity index (χ0v) is 11.9. The molecule has 1 rings (SSSR count). The van der Waals surface area contributed by atoms with Crippen molar-refractivity contribution in [3.8, 4) is 5.75 Å². The molecule has 22 heavy (non-hydrogen) atoms. The van der Waals surface area contributed by atoms with Crippen LogP contribution < -0.4 is 9.50 Å². The lowest BCUT2D eigenvalue weighted by Gasteiger charge is -2.14. The molecule has 0 aromatic heterocycles. The minimum Gasteiger partial charge on any atom is -0.359 e. The molecule has 1 atom stereocenters. The molecule has 0 aliphatic rings. The molecule has 0 fully saturated rings. The highest BCUT2D eigenvalue weighted by Gasteiger charge is 2.29. The number of alkyl halides is 3. The second kappa shape index (κ2) is 6.92. The molecule has 124 valence electrons. The van der Waals surface area contributed by atoms with Gasteiger partial charge in [0.1, 0.15) is 18.5 Å². The number of carbonyl (C=O) groups is 1. The number of benzene rings is 1. The van der Waals surface area contributed by atoms with Gasteiger partial charge in [0, 0.05) is 5.69 Å². The second-order valence-corrected chi connectivity index (χ2v) is 5.01. The van der Waals surface area contributed by atoms with Crippen molar-refractivity contribution in [2.75, 3.05) is 11.9 Å². The summed E-state index contributed by atoms with van der Waals surface area (Å²) >= 11 is 0. The number of amides is 1. The van der Waals surface area contributed by atoms with Crippen molar-refractivity contribution >= 4 is 22.1 Å². The van der Waals surface area contributed by atoms with Gasteiger partial charge < -0.3 is 14.2 Å². The summed E-state index contributed by atoms with van der Waals surface area (Å²) in [7, 11) is -5.16. The van der Waals surface area contributed by atoms with Gasteiger partial charge in [-0.05, 0) is 31.2 Å². The van der Waals surface area contributed by atoms with Crippen LogP contribution in [0.3, 0.4) is 0 Å². The minimum absolute atomic E-state index is 0.135. The van der Waals surface area contributed by atoms with E-state index in [0.29, 0.717) is 0 Å². The summed E-state index contributed by atoms with van der Waals surface area (Å²) in [5, 5.41) is 2.24. The van der Waals surface area contributed by atoms with Crippen LogP contribution in [-0.2, 0) is 20.0 Å². The quantitative estimate of drug-likeness (QED) is 0.631. The van der Waals surface area contributed by atoms with Crippen molar-refractivity contribution in [3.05, 3.63) is 24.3 Å². The Labute approximate surface area is 123 Å². The van der Waals surface area contributed by atoms with Crippen LogP contribution in [0.4, 0.5) is 22.7 Å².